The van der Waals surface area contributed by atoms with Crippen molar-refractivity contribution in [3.8, 4) is 6.01 Å². The van der Waals surface area contributed by atoms with Crippen LogP contribution in [0, 0.1) is 13.8 Å². The van der Waals surface area contributed by atoms with Gasteiger partial charge in [0, 0.05) is 37.2 Å². The van der Waals surface area contributed by atoms with Crippen molar-refractivity contribution in [1.29, 1.82) is 0 Å². The van der Waals surface area contributed by atoms with Gasteiger partial charge in [-0.25, -0.2) is 14.8 Å². The highest BCUT2D eigenvalue weighted by Gasteiger charge is 2.27. The number of piperidine rings is 1. The molecule has 24 heavy (non-hydrogen) atoms. The van der Waals surface area contributed by atoms with E-state index in [9.17, 15) is 4.79 Å². The number of aromatic nitrogens is 2. The molecule has 2 saturated heterocycles. The van der Waals surface area contributed by atoms with Gasteiger partial charge in [0.2, 0.25) is 0 Å². The summed E-state index contributed by atoms with van der Waals surface area (Å²) in [6.07, 6.45) is 3.56. The minimum absolute atomic E-state index is 0.00320. The van der Waals surface area contributed by atoms with E-state index in [2.05, 4.69) is 15.3 Å². The highest BCUT2D eigenvalue weighted by Crippen LogP contribution is 2.17. The Hall–Kier alpha value is -1.89. The number of urea groups is 1. The maximum atomic E-state index is 12.5. The third-order valence-electron chi connectivity index (χ3n) is 4.45. The van der Waals surface area contributed by atoms with Gasteiger partial charge in [-0.2, -0.15) is 0 Å². The number of rotatable bonds is 3. The summed E-state index contributed by atoms with van der Waals surface area (Å²) in [6.45, 7) is 6.64. The molecule has 0 saturated carbocycles. The van der Waals surface area contributed by atoms with Crippen LogP contribution in [0.5, 0.6) is 6.01 Å². The van der Waals surface area contributed by atoms with E-state index in [-0.39, 0.29) is 18.2 Å². The number of ether oxygens (including phenoxy) is 2. The van der Waals surface area contributed by atoms with Crippen LogP contribution in [0.25, 0.3) is 0 Å². The second-order valence-electron chi connectivity index (χ2n) is 6.60. The van der Waals surface area contributed by atoms with Crippen LogP contribution in [0.2, 0.25) is 0 Å². The van der Waals surface area contributed by atoms with Crippen molar-refractivity contribution in [2.75, 3.05) is 26.3 Å². The predicted molar refractivity (Wildman–Crippen MR) is 89.1 cm³/mol. The van der Waals surface area contributed by atoms with Gasteiger partial charge in [-0.3, -0.25) is 0 Å². The maximum absolute atomic E-state index is 12.5. The Morgan fingerprint density at radius 2 is 1.96 bits per heavy atom. The maximum Gasteiger partial charge on any atom is 0.317 e. The lowest BCUT2D eigenvalue weighted by molar-refractivity contribution is 0.0709. The molecule has 7 heteroatoms. The van der Waals surface area contributed by atoms with Crippen LogP contribution >= 0.6 is 0 Å². The number of nitrogens with zero attached hydrogens (tertiary/aromatic N) is 3. The lowest BCUT2D eigenvalue weighted by Gasteiger charge is -2.34. The number of aryl methyl sites for hydroxylation is 2. The molecule has 0 radical (unpaired) electrons. The van der Waals surface area contributed by atoms with Gasteiger partial charge in [-0.1, -0.05) is 0 Å². The van der Waals surface area contributed by atoms with Gasteiger partial charge in [0.05, 0.1) is 6.54 Å². The number of hydrogen-bond donors (Lipinski definition) is 1. The normalized spacial score (nSPS) is 22.2. The summed E-state index contributed by atoms with van der Waals surface area (Å²) in [5, 5.41) is 3.11. The fourth-order valence-electron chi connectivity index (χ4n) is 3.22. The second-order valence-corrected chi connectivity index (χ2v) is 6.60. The average Bonchev–Trinajstić information content (AvgIpc) is 2.55. The molecule has 1 aromatic heterocycles. The molecule has 0 bridgehead atoms. The molecule has 1 unspecified atom stereocenters. The van der Waals surface area contributed by atoms with Gasteiger partial charge in [-0.15, -0.1) is 0 Å². The van der Waals surface area contributed by atoms with Crippen molar-refractivity contribution in [3.05, 3.63) is 17.5 Å². The van der Waals surface area contributed by atoms with E-state index in [1.165, 1.54) is 0 Å². The smallest absolute Gasteiger partial charge is 0.317 e. The Balaban J connectivity index is 1.54. The van der Waals surface area contributed by atoms with Crippen molar-refractivity contribution >= 4 is 6.03 Å². The van der Waals surface area contributed by atoms with Crippen LogP contribution in [-0.4, -0.2) is 59.3 Å². The van der Waals surface area contributed by atoms with Gasteiger partial charge in [0.1, 0.15) is 6.10 Å². The lowest BCUT2D eigenvalue weighted by Crippen LogP contribution is -2.51. The van der Waals surface area contributed by atoms with Crippen LogP contribution in [0.3, 0.4) is 0 Å². The van der Waals surface area contributed by atoms with Crippen molar-refractivity contribution in [3.63, 3.8) is 0 Å². The van der Waals surface area contributed by atoms with Gasteiger partial charge >= 0.3 is 12.0 Å². The summed E-state index contributed by atoms with van der Waals surface area (Å²) in [7, 11) is 0. The number of nitrogens with one attached hydrogen (secondary N) is 1. The van der Waals surface area contributed by atoms with E-state index in [1.807, 2.05) is 24.8 Å². The number of likely N-dealkylation sites (tertiary alicyclic amines) is 1. The van der Waals surface area contributed by atoms with Gasteiger partial charge in [-0.05, 0) is 45.6 Å². The highest BCUT2D eigenvalue weighted by atomic mass is 16.5. The first-order valence-electron chi connectivity index (χ1n) is 8.72. The molecule has 2 amide bonds. The van der Waals surface area contributed by atoms with Crippen molar-refractivity contribution in [1.82, 2.24) is 20.2 Å². The molecule has 2 aliphatic heterocycles. The summed E-state index contributed by atoms with van der Waals surface area (Å²) in [5.41, 5.74) is 1.78. The quantitative estimate of drug-likeness (QED) is 0.912. The van der Waals surface area contributed by atoms with E-state index in [1.54, 1.807) is 0 Å². The Kier molecular flexibility index (Phi) is 5.50. The molecule has 2 aliphatic rings. The molecule has 3 heterocycles. The monoisotopic (exact) mass is 334 g/mol. The van der Waals surface area contributed by atoms with Crippen LogP contribution in [0.15, 0.2) is 6.07 Å². The fourth-order valence-corrected chi connectivity index (χ4v) is 3.22. The first-order chi connectivity index (χ1) is 11.6. The summed E-state index contributed by atoms with van der Waals surface area (Å²) in [6, 6.07) is 2.54. The standard InChI is InChI=1S/C17H26N4O3/c1-12-10-13(2)19-16(18-12)24-15-4-3-7-21(11-15)17(22)20-14-5-8-23-9-6-14/h10,14-15H,3-9,11H2,1-2H3,(H,20,22). The number of amides is 2. The van der Waals surface area contributed by atoms with Crippen molar-refractivity contribution < 1.29 is 14.3 Å². The summed E-state index contributed by atoms with van der Waals surface area (Å²) < 4.78 is 11.3. The minimum atomic E-state index is -0.0552. The van der Waals surface area contributed by atoms with Gasteiger partial charge in [0.25, 0.3) is 0 Å². The first kappa shape index (κ1) is 17.0. The average molecular weight is 334 g/mol. The molecule has 7 nitrogen and oxygen atoms in total. The topological polar surface area (TPSA) is 76.6 Å². The van der Waals surface area contributed by atoms with Crippen LogP contribution in [0.4, 0.5) is 4.79 Å². The van der Waals surface area contributed by atoms with E-state index >= 15 is 0 Å². The van der Waals surface area contributed by atoms with E-state index in [4.69, 9.17) is 9.47 Å². The summed E-state index contributed by atoms with van der Waals surface area (Å²) >= 11 is 0. The van der Waals surface area contributed by atoms with E-state index in [0.29, 0.717) is 12.6 Å². The zero-order valence-electron chi connectivity index (χ0n) is 14.5. The van der Waals surface area contributed by atoms with Crippen molar-refractivity contribution in [2.45, 2.75) is 51.7 Å². The summed E-state index contributed by atoms with van der Waals surface area (Å²) in [5.74, 6) is 0. The third kappa shape index (κ3) is 4.56. The molecule has 2 fully saturated rings. The SMILES string of the molecule is Cc1cc(C)nc(OC2CCCN(C(=O)NC3CCOCC3)C2)n1. The van der Waals surface area contributed by atoms with Crippen molar-refractivity contribution in [2.24, 2.45) is 0 Å². The fraction of sp³-hybridized carbons (Fsp3) is 0.706. The molecule has 1 aromatic rings. The molecule has 132 valence electrons. The Morgan fingerprint density at radius 1 is 1.25 bits per heavy atom. The van der Waals surface area contributed by atoms with Crippen LogP contribution < -0.4 is 10.1 Å². The Labute approximate surface area is 142 Å². The van der Waals surface area contributed by atoms with Gasteiger partial charge < -0.3 is 19.7 Å². The molecular formula is C17H26N4O3. The number of hydrogen-bond acceptors (Lipinski definition) is 5. The molecule has 3 rings (SSSR count). The molecule has 0 aromatic carbocycles. The predicted octanol–water partition coefficient (Wildman–Crippen LogP) is 1.83. The lowest BCUT2D eigenvalue weighted by atomic mass is 10.1. The largest absolute Gasteiger partial charge is 0.458 e. The first-order valence-corrected chi connectivity index (χ1v) is 8.72. The minimum Gasteiger partial charge on any atom is -0.458 e. The van der Waals surface area contributed by atoms with Crippen LogP contribution in [0.1, 0.15) is 37.1 Å². The van der Waals surface area contributed by atoms with Crippen LogP contribution in [-0.2, 0) is 4.74 Å². The van der Waals surface area contributed by atoms with Gasteiger partial charge in [0.15, 0.2) is 0 Å². The third-order valence-corrected chi connectivity index (χ3v) is 4.45. The Bertz CT molecular complexity index is 555. The molecular weight excluding hydrogens is 308 g/mol. The zero-order chi connectivity index (χ0) is 16.9. The molecule has 1 N–H and O–H groups in total. The highest BCUT2D eigenvalue weighted by molar-refractivity contribution is 5.74. The second kappa shape index (κ2) is 7.79. The van der Waals surface area contributed by atoms with E-state index < -0.39 is 0 Å². The molecule has 1 atom stereocenters. The summed E-state index contributed by atoms with van der Waals surface area (Å²) in [4.78, 5) is 22.9. The number of carbonyl (C=O) groups excluding carboxylic acids is 1. The molecule has 0 aliphatic carbocycles. The Morgan fingerprint density at radius 3 is 2.67 bits per heavy atom. The number of carbonyl (C=O) groups is 1. The zero-order valence-corrected chi connectivity index (χ0v) is 14.5. The molecule has 0 spiro atoms. The van der Waals surface area contributed by atoms with E-state index in [0.717, 1.165) is 56.8 Å².